The number of hydrogen-bond acceptors (Lipinski definition) is 3. The third kappa shape index (κ3) is 5.80. The summed E-state index contributed by atoms with van der Waals surface area (Å²) in [5.41, 5.74) is 2.14. The van der Waals surface area contributed by atoms with Gasteiger partial charge in [-0.15, -0.1) is 0 Å². The number of nitrogens with zero attached hydrogens (tertiary/aromatic N) is 2. The third-order valence-electron chi connectivity index (χ3n) is 3.14. The van der Waals surface area contributed by atoms with E-state index in [1.807, 2.05) is 39.2 Å². The molecule has 20 heavy (non-hydrogen) atoms. The molecule has 0 aliphatic rings. The van der Waals surface area contributed by atoms with Gasteiger partial charge in [0, 0.05) is 23.8 Å². The molecule has 0 fully saturated rings. The average molecular weight is 299 g/mol. The Labute approximate surface area is 125 Å². The molecule has 0 aromatic heterocycles. The van der Waals surface area contributed by atoms with E-state index >= 15 is 0 Å². The normalized spacial score (nSPS) is 10.8. The molecule has 1 N–H and O–H groups in total. The lowest BCUT2D eigenvalue weighted by atomic mass is 10.1. The van der Waals surface area contributed by atoms with Crippen LogP contribution in [0.1, 0.15) is 18.4 Å². The molecule has 0 saturated carbocycles. The van der Waals surface area contributed by atoms with Crippen LogP contribution >= 0.6 is 11.6 Å². The van der Waals surface area contributed by atoms with Crippen molar-refractivity contribution in [1.29, 1.82) is 0 Å². The van der Waals surface area contributed by atoms with Crippen molar-refractivity contribution in [2.24, 2.45) is 0 Å². The molecule has 112 valence electrons. The fraction of sp³-hybridized carbons (Fsp3) is 0.533. The second-order valence-electron chi connectivity index (χ2n) is 5.22. The molecule has 0 radical (unpaired) electrons. The van der Waals surface area contributed by atoms with Crippen molar-refractivity contribution in [2.75, 3.05) is 38.6 Å². The number of benzene rings is 1. The van der Waals surface area contributed by atoms with Crippen molar-refractivity contribution in [3.63, 3.8) is 0 Å². The monoisotopic (exact) mass is 298 g/mol. The molecule has 0 amide bonds. The summed E-state index contributed by atoms with van der Waals surface area (Å²) in [4.78, 5) is 15.0. The van der Waals surface area contributed by atoms with Crippen LogP contribution in [0.5, 0.6) is 0 Å². The number of aliphatic carboxylic acids is 1. The second-order valence-corrected chi connectivity index (χ2v) is 5.65. The lowest BCUT2D eigenvalue weighted by Gasteiger charge is -2.27. The number of hydrogen-bond donors (Lipinski definition) is 1. The largest absolute Gasteiger partial charge is 0.481 e. The first-order valence-electron chi connectivity index (χ1n) is 6.78. The van der Waals surface area contributed by atoms with Crippen molar-refractivity contribution in [3.05, 3.63) is 28.8 Å². The number of carboxylic acids is 1. The summed E-state index contributed by atoms with van der Waals surface area (Å²) in [6.07, 6.45) is 1.12. The van der Waals surface area contributed by atoms with Crippen molar-refractivity contribution in [1.82, 2.24) is 4.90 Å². The highest BCUT2D eigenvalue weighted by Gasteiger charge is 2.11. The van der Waals surface area contributed by atoms with Crippen molar-refractivity contribution in [3.8, 4) is 0 Å². The van der Waals surface area contributed by atoms with Gasteiger partial charge in [0.2, 0.25) is 0 Å². The molecule has 0 bridgehead atoms. The molecular weight excluding hydrogens is 276 g/mol. The lowest BCUT2D eigenvalue weighted by molar-refractivity contribution is -0.136. The van der Waals surface area contributed by atoms with Gasteiger partial charge in [-0.25, -0.2) is 0 Å². The maximum absolute atomic E-state index is 10.8. The number of aryl methyl sites for hydroxylation is 1. The SMILES string of the molecule is Cc1ccc(Cl)cc1N(CCCN(C)C)CCC(=O)O. The summed E-state index contributed by atoms with van der Waals surface area (Å²) < 4.78 is 0. The predicted molar refractivity (Wildman–Crippen MR) is 83.8 cm³/mol. The van der Waals surface area contributed by atoms with Gasteiger partial charge in [0.1, 0.15) is 0 Å². The Morgan fingerprint density at radius 2 is 1.95 bits per heavy atom. The Morgan fingerprint density at radius 1 is 1.25 bits per heavy atom. The number of carbonyl (C=O) groups is 1. The van der Waals surface area contributed by atoms with Crippen LogP contribution < -0.4 is 4.90 Å². The Bertz CT molecular complexity index is 449. The van der Waals surface area contributed by atoms with Crippen LogP contribution in [-0.4, -0.2) is 49.7 Å². The van der Waals surface area contributed by atoms with E-state index in [0.717, 1.165) is 30.8 Å². The zero-order valence-corrected chi connectivity index (χ0v) is 13.2. The lowest BCUT2D eigenvalue weighted by Crippen LogP contribution is -2.30. The third-order valence-corrected chi connectivity index (χ3v) is 3.38. The van der Waals surface area contributed by atoms with Crippen molar-refractivity contribution >= 4 is 23.3 Å². The molecule has 0 aliphatic heterocycles. The van der Waals surface area contributed by atoms with E-state index in [1.54, 1.807) is 0 Å². The summed E-state index contributed by atoms with van der Waals surface area (Å²) in [6.45, 7) is 4.32. The van der Waals surface area contributed by atoms with E-state index in [9.17, 15) is 4.79 Å². The minimum absolute atomic E-state index is 0.133. The highest BCUT2D eigenvalue weighted by molar-refractivity contribution is 6.30. The zero-order chi connectivity index (χ0) is 15.1. The minimum Gasteiger partial charge on any atom is -0.481 e. The predicted octanol–water partition coefficient (Wildman–Crippen LogP) is 2.88. The zero-order valence-electron chi connectivity index (χ0n) is 12.4. The first kappa shape index (κ1) is 16.8. The van der Waals surface area contributed by atoms with Gasteiger partial charge in [-0.05, 0) is 51.7 Å². The maximum atomic E-state index is 10.8. The highest BCUT2D eigenvalue weighted by Crippen LogP contribution is 2.24. The molecule has 0 saturated heterocycles. The molecule has 1 rings (SSSR count). The number of rotatable bonds is 8. The molecule has 1 aromatic rings. The van der Waals surface area contributed by atoms with Crippen molar-refractivity contribution < 1.29 is 9.90 Å². The Morgan fingerprint density at radius 3 is 2.55 bits per heavy atom. The number of halogens is 1. The van der Waals surface area contributed by atoms with Crippen LogP contribution in [-0.2, 0) is 4.79 Å². The average Bonchev–Trinajstić information content (AvgIpc) is 2.36. The fourth-order valence-corrected chi connectivity index (χ4v) is 2.25. The highest BCUT2D eigenvalue weighted by atomic mass is 35.5. The molecule has 0 unspecified atom stereocenters. The molecule has 0 heterocycles. The van der Waals surface area contributed by atoms with Gasteiger partial charge in [-0.3, -0.25) is 4.79 Å². The van der Waals surface area contributed by atoms with E-state index < -0.39 is 5.97 Å². The van der Waals surface area contributed by atoms with Gasteiger partial charge in [0.05, 0.1) is 6.42 Å². The van der Waals surface area contributed by atoms with Gasteiger partial charge >= 0.3 is 5.97 Å². The first-order chi connectivity index (χ1) is 9.40. The smallest absolute Gasteiger partial charge is 0.305 e. The van der Waals surface area contributed by atoms with E-state index in [0.29, 0.717) is 11.6 Å². The minimum atomic E-state index is -0.776. The van der Waals surface area contributed by atoms with Crippen LogP contribution in [0, 0.1) is 6.92 Å². The molecule has 5 heteroatoms. The molecule has 0 aliphatic carbocycles. The van der Waals surface area contributed by atoms with Gasteiger partial charge in [0.25, 0.3) is 0 Å². The van der Waals surface area contributed by atoms with Gasteiger partial charge in [-0.1, -0.05) is 17.7 Å². The van der Waals surface area contributed by atoms with Crippen LogP contribution in [0.15, 0.2) is 18.2 Å². The Hall–Kier alpha value is -1.26. The number of anilines is 1. The van der Waals surface area contributed by atoms with E-state index in [2.05, 4.69) is 9.80 Å². The van der Waals surface area contributed by atoms with Crippen LogP contribution in [0.4, 0.5) is 5.69 Å². The summed E-state index contributed by atoms with van der Waals surface area (Å²) >= 11 is 6.06. The Balaban J connectivity index is 2.79. The van der Waals surface area contributed by atoms with E-state index in [1.165, 1.54) is 0 Å². The van der Waals surface area contributed by atoms with Gasteiger partial charge in [0.15, 0.2) is 0 Å². The summed E-state index contributed by atoms with van der Waals surface area (Å²) in [7, 11) is 4.07. The molecule has 0 atom stereocenters. The maximum Gasteiger partial charge on any atom is 0.305 e. The quantitative estimate of drug-likeness (QED) is 0.801. The molecule has 4 nitrogen and oxygen atoms in total. The standard InChI is InChI=1S/C15H23ClN2O2/c1-12-5-6-13(16)11-14(12)18(10-7-15(19)20)9-4-8-17(2)3/h5-6,11H,4,7-10H2,1-3H3,(H,19,20). The van der Waals surface area contributed by atoms with E-state index in [-0.39, 0.29) is 6.42 Å². The van der Waals surface area contributed by atoms with Gasteiger partial charge in [-0.2, -0.15) is 0 Å². The Kier molecular flexibility index (Phi) is 6.82. The summed E-state index contributed by atoms with van der Waals surface area (Å²) in [5, 5.41) is 9.57. The summed E-state index contributed by atoms with van der Waals surface area (Å²) in [6, 6.07) is 5.74. The van der Waals surface area contributed by atoms with Gasteiger partial charge < -0.3 is 14.9 Å². The molecular formula is C15H23ClN2O2. The summed E-state index contributed by atoms with van der Waals surface area (Å²) in [5.74, 6) is -0.776. The topological polar surface area (TPSA) is 43.8 Å². The van der Waals surface area contributed by atoms with E-state index in [4.69, 9.17) is 16.7 Å². The molecule has 0 spiro atoms. The number of carboxylic acid groups (broad SMARTS) is 1. The van der Waals surface area contributed by atoms with Crippen LogP contribution in [0.3, 0.4) is 0 Å². The van der Waals surface area contributed by atoms with Crippen LogP contribution in [0.2, 0.25) is 5.02 Å². The first-order valence-corrected chi connectivity index (χ1v) is 7.15. The fourth-order valence-electron chi connectivity index (χ4n) is 2.08. The second kappa shape index (κ2) is 8.12. The van der Waals surface area contributed by atoms with Crippen molar-refractivity contribution in [2.45, 2.75) is 19.8 Å². The van der Waals surface area contributed by atoms with Crippen LogP contribution in [0.25, 0.3) is 0 Å². The molecule has 1 aromatic carbocycles.